The molecule has 0 spiro atoms. The maximum Gasteiger partial charge on any atom is 0.347 e. The highest BCUT2D eigenvalue weighted by Gasteiger charge is 2.24. The molecule has 0 aliphatic carbocycles. The molecule has 0 aromatic carbocycles. The van der Waals surface area contributed by atoms with E-state index < -0.39 is 18.0 Å². The van der Waals surface area contributed by atoms with Crippen molar-refractivity contribution < 1.29 is 19.1 Å². The number of hydrogen-bond acceptors (Lipinski definition) is 7. The van der Waals surface area contributed by atoms with Gasteiger partial charge < -0.3 is 9.47 Å². The molecule has 0 aliphatic heterocycles. The maximum atomic E-state index is 11.8. The van der Waals surface area contributed by atoms with E-state index in [4.69, 9.17) is 4.74 Å². The van der Waals surface area contributed by atoms with Crippen LogP contribution in [0, 0.1) is 12.8 Å². The second-order valence-corrected chi connectivity index (χ2v) is 7.03. The molecule has 0 saturated heterocycles. The zero-order valence-electron chi connectivity index (χ0n) is 12.8. The Balaban J connectivity index is 2.37. The van der Waals surface area contributed by atoms with Crippen LogP contribution in [0.4, 0.5) is 0 Å². The zero-order chi connectivity index (χ0) is 15.8. The van der Waals surface area contributed by atoms with Crippen LogP contribution in [-0.4, -0.2) is 35.9 Å². The number of carbonyl (C=O) groups is 2. The first-order valence-electron chi connectivity index (χ1n) is 6.68. The summed E-state index contributed by atoms with van der Waals surface area (Å²) >= 11 is 3.01. The van der Waals surface area contributed by atoms with Crippen LogP contribution in [0.25, 0.3) is 0 Å². The van der Waals surface area contributed by atoms with Gasteiger partial charge in [-0.25, -0.2) is 9.78 Å². The van der Waals surface area contributed by atoms with Crippen molar-refractivity contribution in [3.8, 4) is 0 Å². The Morgan fingerprint density at radius 1 is 1.43 bits per heavy atom. The smallest absolute Gasteiger partial charge is 0.347 e. The Morgan fingerprint density at radius 2 is 2.14 bits per heavy atom. The molecule has 0 amide bonds. The van der Waals surface area contributed by atoms with Gasteiger partial charge in [0.15, 0.2) is 6.10 Å². The predicted molar refractivity (Wildman–Crippen MR) is 84.4 cm³/mol. The molecule has 1 atom stereocenters. The van der Waals surface area contributed by atoms with Crippen molar-refractivity contribution in [3.05, 3.63) is 16.1 Å². The van der Waals surface area contributed by atoms with E-state index in [-0.39, 0.29) is 11.7 Å². The summed E-state index contributed by atoms with van der Waals surface area (Å²) in [6, 6.07) is 0. The largest absolute Gasteiger partial charge is 0.466 e. The van der Waals surface area contributed by atoms with Crippen LogP contribution in [-0.2, 0) is 24.8 Å². The summed E-state index contributed by atoms with van der Waals surface area (Å²) in [7, 11) is 1.29. The fourth-order valence-corrected chi connectivity index (χ4v) is 3.07. The molecule has 1 rings (SSSR count). The van der Waals surface area contributed by atoms with E-state index in [1.807, 2.05) is 26.2 Å². The number of rotatable bonds is 8. The number of methoxy groups -OCH3 is 1. The molecular weight excluding hydrogens is 310 g/mol. The first-order chi connectivity index (χ1) is 9.92. The lowest BCUT2D eigenvalue weighted by molar-refractivity contribution is -0.165. The Bertz CT molecular complexity index is 473. The molecule has 0 unspecified atom stereocenters. The average molecular weight is 331 g/mol. The van der Waals surface area contributed by atoms with E-state index in [0.29, 0.717) is 12.2 Å². The Morgan fingerprint density at radius 3 is 2.67 bits per heavy atom. The average Bonchev–Trinajstić information content (AvgIpc) is 2.82. The lowest BCUT2D eigenvalue weighted by atomic mass is 10.1. The van der Waals surface area contributed by atoms with Crippen LogP contribution < -0.4 is 0 Å². The van der Waals surface area contributed by atoms with Crippen molar-refractivity contribution in [1.29, 1.82) is 0 Å². The van der Waals surface area contributed by atoms with Gasteiger partial charge in [-0.3, -0.25) is 4.79 Å². The van der Waals surface area contributed by atoms with E-state index in [1.54, 1.807) is 11.3 Å². The Labute approximate surface area is 133 Å². The third-order valence-corrected chi connectivity index (χ3v) is 4.32. The fourth-order valence-electron chi connectivity index (χ4n) is 1.66. The van der Waals surface area contributed by atoms with E-state index in [9.17, 15) is 9.59 Å². The monoisotopic (exact) mass is 331 g/mol. The molecule has 1 aromatic heterocycles. The van der Waals surface area contributed by atoms with E-state index >= 15 is 0 Å². The number of thioether (sulfide) groups is 1. The molecular formula is C14H21NO4S2. The van der Waals surface area contributed by atoms with Gasteiger partial charge in [0.25, 0.3) is 0 Å². The fraction of sp³-hybridized carbons (Fsp3) is 0.643. The summed E-state index contributed by atoms with van der Waals surface area (Å²) in [5, 5.41) is 2.99. The number of nitrogens with zero attached hydrogens (tertiary/aromatic N) is 1. The highest BCUT2D eigenvalue weighted by atomic mass is 32.2. The second-order valence-electron chi connectivity index (χ2n) is 4.98. The third kappa shape index (κ3) is 6.95. The highest BCUT2D eigenvalue weighted by molar-refractivity contribution is 7.99. The minimum atomic E-state index is -0.815. The summed E-state index contributed by atoms with van der Waals surface area (Å²) < 4.78 is 9.86. The zero-order valence-corrected chi connectivity index (χ0v) is 14.4. The van der Waals surface area contributed by atoms with Crippen molar-refractivity contribution in [3.63, 3.8) is 0 Å². The Hall–Kier alpha value is -1.08. The van der Waals surface area contributed by atoms with Crippen LogP contribution in [0.1, 0.15) is 31.0 Å². The van der Waals surface area contributed by atoms with Crippen molar-refractivity contribution in [2.45, 2.75) is 39.0 Å². The minimum absolute atomic E-state index is 0.197. The molecule has 21 heavy (non-hydrogen) atoms. The van der Waals surface area contributed by atoms with Gasteiger partial charge in [0, 0.05) is 11.1 Å². The van der Waals surface area contributed by atoms with Crippen LogP contribution >= 0.6 is 23.1 Å². The first-order valence-corrected chi connectivity index (χ1v) is 8.71. The third-order valence-electron chi connectivity index (χ3n) is 2.56. The lowest BCUT2D eigenvalue weighted by Gasteiger charge is -2.17. The standard InChI is InChI=1S/C14H21NO4S2/c1-9(2)5-12(14(17)18-4)19-13(16)8-20-6-11-7-21-10(3)15-11/h7,9,12H,5-6,8H2,1-4H3/t12-/m0/s1. The van der Waals surface area contributed by atoms with Crippen molar-refractivity contribution in [2.75, 3.05) is 12.9 Å². The van der Waals surface area contributed by atoms with Gasteiger partial charge >= 0.3 is 11.9 Å². The normalized spacial score (nSPS) is 12.2. The lowest BCUT2D eigenvalue weighted by Crippen LogP contribution is -2.30. The summed E-state index contributed by atoms with van der Waals surface area (Å²) in [4.78, 5) is 27.7. The molecule has 0 fully saturated rings. The van der Waals surface area contributed by atoms with Gasteiger partial charge in [-0.05, 0) is 19.3 Å². The van der Waals surface area contributed by atoms with Gasteiger partial charge in [-0.15, -0.1) is 23.1 Å². The summed E-state index contributed by atoms with van der Waals surface area (Å²) in [6.07, 6.45) is -0.349. The second kappa shape index (κ2) is 9.04. The molecule has 0 aliphatic rings. The maximum absolute atomic E-state index is 11.8. The number of aromatic nitrogens is 1. The summed E-state index contributed by atoms with van der Waals surface area (Å²) in [5.74, 6) is 0.196. The van der Waals surface area contributed by atoms with E-state index in [1.165, 1.54) is 18.9 Å². The molecule has 118 valence electrons. The van der Waals surface area contributed by atoms with Gasteiger partial charge in [-0.2, -0.15) is 0 Å². The number of esters is 2. The van der Waals surface area contributed by atoms with Crippen LogP contribution in [0.5, 0.6) is 0 Å². The predicted octanol–water partition coefficient (Wildman–Crippen LogP) is 2.82. The first kappa shape index (κ1) is 18.0. The number of thiazole rings is 1. The van der Waals surface area contributed by atoms with Crippen molar-refractivity contribution in [2.24, 2.45) is 5.92 Å². The summed E-state index contributed by atoms with van der Waals surface area (Å²) in [5.41, 5.74) is 0.960. The van der Waals surface area contributed by atoms with Crippen molar-refractivity contribution in [1.82, 2.24) is 4.98 Å². The molecule has 1 aromatic rings. The van der Waals surface area contributed by atoms with Gasteiger partial charge in [-0.1, -0.05) is 13.8 Å². The van der Waals surface area contributed by atoms with Crippen LogP contribution in [0.2, 0.25) is 0 Å². The SMILES string of the molecule is COC(=O)[C@H](CC(C)C)OC(=O)CSCc1csc(C)n1. The van der Waals surface area contributed by atoms with Crippen LogP contribution in [0.3, 0.4) is 0 Å². The van der Waals surface area contributed by atoms with Crippen molar-refractivity contribution >= 4 is 35.0 Å². The molecule has 0 bridgehead atoms. The van der Waals surface area contributed by atoms with E-state index in [2.05, 4.69) is 9.72 Å². The Kier molecular flexibility index (Phi) is 7.74. The molecule has 1 heterocycles. The van der Waals surface area contributed by atoms with Crippen LogP contribution in [0.15, 0.2) is 5.38 Å². The molecule has 7 heteroatoms. The molecule has 0 saturated carbocycles. The minimum Gasteiger partial charge on any atom is -0.466 e. The number of aryl methyl sites for hydroxylation is 1. The van der Waals surface area contributed by atoms with Gasteiger partial charge in [0.1, 0.15) is 0 Å². The van der Waals surface area contributed by atoms with E-state index in [0.717, 1.165) is 10.7 Å². The summed E-state index contributed by atoms with van der Waals surface area (Å²) in [6.45, 7) is 5.87. The molecule has 5 nitrogen and oxygen atoms in total. The number of ether oxygens (including phenoxy) is 2. The van der Waals surface area contributed by atoms with Gasteiger partial charge in [0.2, 0.25) is 0 Å². The number of hydrogen-bond donors (Lipinski definition) is 0. The van der Waals surface area contributed by atoms with Gasteiger partial charge in [0.05, 0.1) is 23.6 Å². The topological polar surface area (TPSA) is 65.5 Å². The molecule has 0 radical (unpaired) electrons. The number of carbonyl (C=O) groups excluding carboxylic acids is 2. The quantitative estimate of drug-likeness (QED) is 0.683. The molecule has 0 N–H and O–H groups in total. The highest BCUT2D eigenvalue weighted by Crippen LogP contribution is 2.16.